The van der Waals surface area contributed by atoms with Gasteiger partial charge in [-0.3, -0.25) is 4.79 Å². The molecule has 2 N–H and O–H groups in total. The maximum atomic E-state index is 13.8. The first-order valence-corrected chi connectivity index (χ1v) is 13.7. The number of hydrogen-bond donors (Lipinski definition) is 2. The number of halogens is 4. The van der Waals surface area contributed by atoms with Gasteiger partial charge < -0.3 is 20.2 Å². The summed E-state index contributed by atoms with van der Waals surface area (Å²) in [5.41, 5.74) is -1.63. The number of sulfone groups is 1. The Kier molecular flexibility index (Phi) is 6.44. The summed E-state index contributed by atoms with van der Waals surface area (Å²) >= 11 is 6.29. The number of nitrogens with one attached hydrogen (secondary N) is 1. The molecule has 2 bridgehead atoms. The predicted octanol–water partition coefficient (Wildman–Crippen LogP) is 3.99. The topological polar surface area (TPSA) is 90.0 Å². The molecule has 12 heteroatoms. The molecule has 198 valence electrons. The molecule has 2 fully saturated rings. The second kappa shape index (κ2) is 9.21. The molecule has 7 nitrogen and oxygen atoms in total. The molecular formula is C25H25ClF3N3O4S. The molecule has 2 aromatic carbocycles. The van der Waals surface area contributed by atoms with E-state index in [9.17, 15) is 31.5 Å². The molecule has 1 aliphatic heterocycles. The van der Waals surface area contributed by atoms with Gasteiger partial charge in [-0.25, -0.2) is 21.6 Å². The lowest BCUT2D eigenvalue weighted by Gasteiger charge is -2.36. The van der Waals surface area contributed by atoms with Crippen LogP contribution < -0.4 is 5.32 Å². The Labute approximate surface area is 217 Å². The molecule has 0 radical (unpaired) electrons. The van der Waals surface area contributed by atoms with Crippen molar-refractivity contribution in [1.29, 1.82) is 0 Å². The van der Waals surface area contributed by atoms with Crippen LogP contribution in [0.3, 0.4) is 0 Å². The van der Waals surface area contributed by atoms with Gasteiger partial charge in [0.15, 0.2) is 27.3 Å². The van der Waals surface area contributed by atoms with E-state index in [2.05, 4.69) is 5.32 Å². The third-order valence-corrected chi connectivity index (χ3v) is 10.4. The van der Waals surface area contributed by atoms with Crippen molar-refractivity contribution in [3.8, 4) is 0 Å². The van der Waals surface area contributed by atoms with E-state index >= 15 is 0 Å². The van der Waals surface area contributed by atoms with Crippen LogP contribution in [0.1, 0.15) is 29.6 Å². The number of hydrogen-bond acceptors (Lipinski definition) is 6. The van der Waals surface area contributed by atoms with Crippen LogP contribution >= 0.6 is 11.6 Å². The van der Waals surface area contributed by atoms with Crippen LogP contribution in [0, 0.1) is 29.3 Å². The fraction of sp³-hybridized carbons (Fsp3) is 0.400. The van der Waals surface area contributed by atoms with Gasteiger partial charge in [0.25, 0.3) is 5.91 Å². The molecule has 37 heavy (non-hydrogen) atoms. The third kappa shape index (κ3) is 4.57. The Balaban J connectivity index is 1.40. The quantitative estimate of drug-likeness (QED) is 0.524. The van der Waals surface area contributed by atoms with Crippen molar-refractivity contribution in [3.05, 3.63) is 70.8 Å². The molecule has 2 aromatic rings. The van der Waals surface area contributed by atoms with Crippen molar-refractivity contribution in [1.82, 2.24) is 9.80 Å². The van der Waals surface area contributed by atoms with Gasteiger partial charge in [0.05, 0.1) is 27.4 Å². The van der Waals surface area contributed by atoms with Crippen LogP contribution in [0.15, 0.2) is 47.6 Å². The molecule has 2 unspecified atom stereocenters. The fourth-order valence-electron chi connectivity index (χ4n) is 5.98. The summed E-state index contributed by atoms with van der Waals surface area (Å²) in [5.74, 6) is -6.24. The third-order valence-electron chi connectivity index (χ3n) is 7.53. The number of anilines is 1. The van der Waals surface area contributed by atoms with E-state index in [1.165, 1.54) is 12.1 Å². The van der Waals surface area contributed by atoms with Crippen LogP contribution in [0.25, 0.3) is 0 Å². The highest BCUT2D eigenvalue weighted by atomic mass is 35.5. The summed E-state index contributed by atoms with van der Waals surface area (Å²) in [7, 11) is -2.15. The molecule has 1 amide bonds. The minimum absolute atomic E-state index is 0.0747. The van der Waals surface area contributed by atoms with Crippen LogP contribution in [-0.4, -0.2) is 60.3 Å². The molecule has 1 heterocycles. The highest BCUT2D eigenvalue weighted by Gasteiger charge is 2.61. The fourth-order valence-corrected chi connectivity index (χ4v) is 8.91. The van der Waals surface area contributed by atoms with E-state index in [4.69, 9.17) is 11.6 Å². The minimum atomic E-state index is -4.06. The van der Waals surface area contributed by atoms with Crippen molar-refractivity contribution in [3.63, 3.8) is 0 Å². The zero-order valence-electron chi connectivity index (χ0n) is 19.8. The van der Waals surface area contributed by atoms with Gasteiger partial charge in [0, 0.05) is 55.3 Å². The van der Waals surface area contributed by atoms with Crippen molar-refractivity contribution in [2.24, 2.45) is 11.8 Å². The first kappa shape index (κ1) is 25.9. The van der Waals surface area contributed by atoms with E-state index in [0.29, 0.717) is 44.6 Å². The smallest absolute Gasteiger partial charge is 0.255 e. The van der Waals surface area contributed by atoms with Gasteiger partial charge in [0.2, 0.25) is 0 Å². The van der Waals surface area contributed by atoms with Crippen molar-refractivity contribution in [2.75, 3.05) is 25.6 Å². The van der Waals surface area contributed by atoms with Crippen LogP contribution in [0.5, 0.6) is 0 Å². The zero-order chi connectivity index (χ0) is 26.7. The molecule has 5 rings (SSSR count). The average Bonchev–Trinajstić information content (AvgIpc) is 3.50. The number of nitrogens with zero attached hydrogens (tertiary/aromatic N) is 2. The second-order valence-electron chi connectivity index (χ2n) is 10.1. The predicted molar refractivity (Wildman–Crippen MR) is 131 cm³/mol. The number of carbonyl (C=O) groups excluding carboxylic acids is 1. The van der Waals surface area contributed by atoms with Crippen molar-refractivity contribution in [2.45, 2.75) is 35.0 Å². The summed E-state index contributed by atoms with van der Waals surface area (Å²) in [5, 5.41) is 12.8. The first-order chi connectivity index (χ1) is 17.4. The number of fused-ring (bicyclic) bond motifs is 2. The minimum Gasteiger partial charge on any atom is -0.388 e. The SMILES string of the molecule is CN1C=CN(C[C@@]2(O)CC3CCC2[C@@H]3S(=O)(=O)c2cc(C(=O)Nc3cc(F)c(F)c(F)c3)ccc2Cl)C1. The standard InChI is InChI=1S/C25H25ClF3N3O4S/c1-31-6-7-32(13-31)12-25(34)11-15-2-4-17(25)23(15)37(35,36)21-8-14(3-5-18(21)26)24(33)30-16-9-19(27)22(29)20(28)10-16/h3,5-10,15,17,23,34H,2,4,11-13H2,1H3,(H,30,33)/t15?,17?,23-,25+/m1/s1. The van der Waals surface area contributed by atoms with E-state index in [1.807, 2.05) is 29.2 Å². The molecule has 0 aromatic heterocycles. The largest absolute Gasteiger partial charge is 0.388 e. The lowest BCUT2D eigenvalue weighted by Crippen LogP contribution is -2.47. The monoisotopic (exact) mass is 555 g/mol. The van der Waals surface area contributed by atoms with Crippen molar-refractivity contribution >= 4 is 33.0 Å². The number of rotatable bonds is 6. The maximum Gasteiger partial charge on any atom is 0.255 e. The normalized spacial score (nSPS) is 26.8. The van der Waals surface area contributed by atoms with Gasteiger partial charge in [-0.15, -0.1) is 0 Å². The Hall–Kier alpha value is -2.76. The van der Waals surface area contributed by atoms with Gasteiger partial charge >= 0.3 is 0 Å². The zero-order valence-corrected chi connectivity index (χ0v) is 21.4. The lowest BCUT2D eigenvalue weighted by atomic mass is 9.84. The Morgan fingerprint density at radius 2 is 1.86 bits per heavy atom. The highest BCUT2D eigenvalue weighted by molar-refractivity contribution is 7.92. The Morgan fingerprint density at radius 3 is 2.51 bits per heavy atom. The molecule has 0 saturated heterocycles. The molecule has 2 aliphatic carbocycles. The summed E-state index contributed by atoms with van der Waals surface area (Å²) in [6, 6.07) is 4.91. The Bertz CT molecular complexity index is 1380. The number of aliphatic hydroxyl groups is 1. The highest BCUT2D eigenvalue weighted by Crippen LogP contribution is 2.55. The number of amides is 1. The molecule has 4 atom stereocenters. The summed E-state index contributed by atoms with van der Waals surface area (Å²) in [6.45, 7) is 0.907. The summed E-state index contributed by atoms with van der Waals surface area (Å²) in [4.78, 5) is 16.4. The average molecular weight is 556 g/mol. The number of β-amino-alcohol motifs (C(OH)–C–C–N with tert-alkyl or cyclic N) is 1. The molecular weight excluding hydrogens is 531 g/mol. The Morgan fingerprint density at radius 1 is 1.16 bits per heavy atom. The van der Waals surface area contributed by atoms with Gasteiger partial charge in [-0.1, -0.05) is 11.6 Å². The summed E-state index contributed by atoms with van der Waals surface area (Å²) < 4.78 is 68.0. The van der Waals surface area contributed by atoms with Crippen LogP contribution in [0.2, 0.25) is 5.02 Å². The molecule has 2 saturated carbocycles. The van der Waals surface area contributed by atoms with Gasteiger partial charge in [-0.05, 0) is 43.4 Å². The van der Waals surface area contributed by atoms with Crippen molar-refractivity contribution < 1.29 is 31.5 Å². The van der Waals surface area contributed by atoms with Crippen LogP contribution in [-0.2, 0) is 9.84 Å². The van der Waals surface area contributed by atoms with Crippen LogP contribution in [0.4, 0.5) is 18.9 Å². The summed E-state index contributed by atoms with van der Waals surface area (Å²) in [6.07, 6.45) is 5.31. The first-order valence-electron chi connectivity index (χ1n) is 11.7. The number of carbonyl (C=O) groups is 1. The maximum absolute atomic E-state index is 13.8. The van der Waals surface area contributed by atoms with E-state index in [0.717, 1.165) is 6.07 Å². The van der Waals surface area contributed by atoms with Gasteiger partial charge in [0.1, 0.15) is 0 Å². The van der Waals surface area contributed by atoms with E-state index < -0.39 is 50.0 Å². The molecule has 0 spiro atoms. The molecule has 3 aliphatic rings. The number of benzene rings is 2. The second-order valence-corrected chi connectivity index (χ2v) is 12.5. The lowest BCUT2D eigenvalue weighted by molar-refractivity contribution is -0.0337. The van der Waals surface area contributed by atoms with E-state index in [1.54, 1.807) is 0 Å². The van der Waals surface area contributed by atoms with Gasteiger partial charge in [-0.2, -0.15) is 0 Å². The van der Waals surface area contributed by atoms with E-state index in [-0.39, 0.29) is 27.1 Å².